The summed E-state index contributed by atoms with van der Waals surface area (Å²) >= 11 is 1.27. The number of amides is 3. The van der Waals surface area contributed by atoms with Crippen molar-refractivity contribution in [2.75, 3.05) is 11.9 Å². The lowest BCUT2D eigenvalue weighted by molar-refractivity contribution is -0.150. The van der Waals surface area contributed by atoms with E-state index in [2.05, 4.69) is 16.0 Å². The molecule has 1 atom stereocenters. The highest BCUT2D eigenvalue weighted by Gasteiger charge is 2.28. The highest BCUT2D eigenvalue weighted by Crippen LogP contribution is 2.21. The summed E-state index contributed by atoms with van der Waals surface area (Å²) in [6.07, 6.45) is 1.91. The molecule has 8 nitrogen and oxygen atoms in total. The van der Waals surface area contributed by atoms with Crippen LogP contribution in [0.1, 0.15) is 46.7 Å². The van der Waals surface area contributed by atoms with Crippen LogP contribution in [0.2, 0.25) is 0 Å². The molecule has 31 heavy (non-hydrogen) atoms. The fourth-order valence-electron chi connectivity index (χ4n) is 2.81. The van der Waals surface area contributed by atoms with E-state index in [9.17, 15) is 19.2 Å². The SMILES string of the molecule is CC(C)C(NC(=O)c1cccs1)C(=O)OCC(=O)Nc1ccccc1C(=O)NC1CC1. The predicted octanol–water partition coefficient (Wildman–Crippen LogP) is 2.58. The third-order valence-electron chi connectivity index (χ3n) is 4.66. The van der Waals surface area contributed by atoms with Crippen molar-refractivity contribution in [2.24, 2.45) is 5.92 Å². The number of ether oxygens (including phenoxy) is 1. The molecule has 1 aromatic heterocycles. The molecule has 3 amide bonds. The summed E-state index contributed by atoms with van der Waals surface area (Å²) in [4.78, 5) is 49.9. The average Bonchev–Trinajstić information content (AvgIpc) is 3.37. The fraction of sp³-hybridized carbons (Fsp3) is 0.364. The zero-order valence-corrected chi connectivity index (χ0v) is 18.2. The number of benzene rings is 1. The van der Waals surface area contributed by atoms with Crippen LogP contribution in [-0.2, 0) is 14.3 Å². The first-order valence-corrected chi connectivity index (χ1v) is 10.9. The van der Waals surface area contributed by atoms with E-state index in [0.717, 1.165) is 12.8 Å². The van der Waals surface area contributed by atoms with Gasteiger partial charge in [-0.05, 0) is 42.3 Å². The van der Waals surface area contributed by atoms with E-state index in [1.165, 1.54) is 11.3 Å². The van der Waals surface area contributed by atoms with Crippen molar-refractivity contribution in [3.63, 3.8) is 0 Å². The van der Waals surface area contributed by atoms with Crippen molar-refractivity contribution in [3.05, 3.63) is 52.2 Å². The van der Waals surface area contributed by atoms with Crippen LogP contribution in [0.4, 0.5) is 5.69 Å². The molecule has 1 aliphatic rings. The molecule has 3 N–H and O–H groups in total. The highest BCUT2D eigenvalue weighted by molar-refractivity contribution is 7.12. The molecule has 1 unspecified atom stereocenters. The van der Waals surface area contributed by atoms with Crippen LogP contribution < -0.4 is 16.0 Å². The number of thiophene rings is 1. The third kappa shape index (κ3) is 6.39. The molecule has 1 aromatic carbocycles. The maximum absolute atomic E-state index is 12.5. The van der Waals surface area contributed by atoms with Gasteiger partial charge in [-0.25, -0.2) is 4.79 Å². The fourth-order valence-corrected chi connectivity index (χ4v) is 3.44. The van der Waals surface area contributed by atoms with E-state index >= 15 is 0 Å². The summed E-state index contributed by atoms with van der Waals surface area (Å²) < 4.78 is 5.13. The van der Waals surface area contributed by atoms with Crippen molar-refractivity contribution in [2.45, 2.75) is 38.8 Å². The maximum atomic E-state index is 12.5. The van der Waals surface area contributed by atoms with E-state index in [-0.39, 0.29) is 23.8 Å². The number of rotatable bonds is 9. The largest absolute Gasteiger partial charge is 0.454 e. The van der Waals surface area contributed by atoms with Gasteiger partial charge in [-0.1, -0.05) is 32.0 Å². The molecule has 1 aliphatic carbocycles. The number of hydrogen-bond acceptors (Lipinski definition) is 6. The second-order valence-electron chi connectivity index (χ2n) is 7.62. The minimum absolute atomic E-state index is 0.189. The molecule has 0 saturated heterocycles. The summed E-state index contributed by atoms with van der Waals surface area (Å²) in [5.41, 5.74) is 0.686. The van der Waals surface area contributed by atoms with Gasteiger partial charge in [-0.2, -0.15) is 0 Å². The number of anilines is 1. The number of hydrogen-bond donors (Lipinski definition) is 3. The first-order valence-electron chi connectivity index (χ1n) is 10.1. The Hall–Kier alpha value is -3.20. The zero-order valence-electron chi connectivity index (χ0n) is 17.3. The standard InChI is InChI=1S/C22H25N3O5S/c1-13(2)19(25-21(28)17-8-5-11-31-17)22(29)30-12-18(26)24-16-7-4-3-6-15(16)20(27)23-14-9-10-14/h3-8,11,13-14,19H,9-10,12H2,1-2H3,(H,23,27)(H,24,26)(H,25,28). The van der Waals surface area contributed by atoms with Crippen LogP contribution in [-0.4, -0.2) is 42.4 Å². The zero-order chi connectivity index (χ0) is 22.4. The Bertz CT molecular complexity index is 954. The maximum Gasteiger partial charge on any atom is 0.329 e. The number of esters is 1. The van der Waals surface area contributed by atoms with Crippen LogP contribution in [0.25, 0.3) is 0 Å². The van der Waals surface area contributed by atoms with Gasteiger partial charge in [-0.3, -0.25) is 14.4 Å². The lowest BCUT2D eigenvalue weighted by Gasteiger charge is -2.20. The molecule has 3 rings (SSSR count). The Morgan fingerprint density at radius 3 is 2.45 bits per heavy atom. The van der Waals surface area contributed by atoms with Crippen molar-refractivity contribution in [1.29, 1.82) is 0 Å². The monoisotopic (exact) mass is 443 g/mol. The molecule has 1 saturated carbocycles. The second kappa shape index (κ2) is 10.2. The molecule has 0 bridgehead atoms. The first-order chi connectivity index (χ1) is 14.8. The van der Waals surface area contributed by atoms with Gasteiger partial charge in [0.05, 0.1) is 16.1 Å². The molecule has 2 aromatic rings. The van der Waals surface area contributed by atoms with Gasteiger partial charge in [0, 0.05) is 6.04 Å². The topological polar surface area (TPSA) is 114 Å². The lowest BCUT2D eigenvalue weighted by atomic mass is 10.0. The van der Waals surface area contributed by atoms with Crippen molar-refractivity contribution < 1.29 is 23.9 Å². The molecular formula is C22H25N3O5S. The van der Waals surface area contributed by atoms with Gasteiger partial charge in [-0.15, -0.1) is 11.3 Å². The Morgan fingerprint density at radius 1 is 1.06 bits per heavy atom. The Labute approximate surface area is 184 Å². The van der Waals surface area contributed by atoms with Crippen LogP contribution in [0, 0.1) is 5.92 Å². The molecule has 0 aliphatic heterocycles. The summed E-state index contributed by atoms with van der Waals surface area (Å²) in [5.74, 6) is -2.13. The van der Waals surface area contributed by atoms with E-state index in [1.54, 1.807) is 55.6 Å². The first kappa shape index (κ1) is 22.5. The van der Waals surface area contributed by atoms with Crippen LogP contribution in [0.15, 0.2) is 41.8 Å². The predicted molar refractivity (Wildman–Crippen MR) is 117 cm³/mol. The normalized spacial score (nSPS) is 13.9. The van der Waals surface area contributed by atoms with E-state index in [4.69, 9.17) is 4.74 Å². The number of nitrogens with one attached hydrogen (secondary N) is 3. The van der Waals surface area contributed by atoms with E-state index in [1.807, 2.05) is 0 Å². The van der Waals surface area contributed by atoms with E-state index < -0.39 is 24.5 Å². The number of para-hydroxylation sites is 1. The molecule has 9 heteroatoms. The quantitative estimate of drug-likeness (QED) is 0.516. The Kier molecular flexibility index (Phi) is 7.41. The lowest BCUT2D eigenvalue weighted by Crippen LogP contribution is -2.45. The molecule has 1 fully saturated rings. The van der Waals surface area contributed by atoms with Gasteiger partial charge < -0.3 is 20.7 Å². The second-order valence-corrected chi connectivity index (χ2v) is 8.57. The minimum atomic E-state index is -0.890. The molecule has 1 heterocycles. The molecule has 0 spiro atoms. The van der Waals surface area contributed by atoms with E-state index in [0.29, 0.717) is 16.1 Å². The van der Waals surface area contributed by atoms with Crippen molar-refractivity contribution >= 4 is 40.7 Å². The van der Waals surface area contributed by atoms with Gasteiger partial charge in [0.15, 0.2) is 6.61 Å². The van der Waals surface area contributed by atoms with Crippen molar-refractivity contribution in [3.8, 4) is 0 Å². The summed E-state index contributed by atoms with van der Waals surface area (Å²) in [6.45, 7) is 3.01. The minimum Gasteiger partial charge on any atom is -0.454 e. The Morgan fingerprint density at radius 2 is 1.81 bits per heavy atom. The van der Waals surface area contributed by atoms with Gasteiger partial charge in [0.25, 0.3) is 17.7 Å². The van der Waals surface area contributed by atoms with Crippen LogP contribution in [0.3, 0.4) is 0 Å². The molecule has 164 valence electrons. The summed E-state index contributed by atoms with van der Waals surface area (Å²) in [5, 5.41) is 9.91. The number of carbonyl (C=O) groups excluding carboxylic acids is 4. The third-order valence-corrected chi connectivity index (χ3v) is 5.52. The van der Waals surface area contributed by atoms with Gasteiger partial charge in [0.1, 0.15) is 6.04 Å². The van der Waals surface area contributed by atoms with Gasteiger partial charge in [0.2, 0.25) is 0 Å². The number of carbonyl (C=O) groups is 4. The van der Waals surface area contributed by atoms with Gasteiger partial charge >= 0.3 is 5.97 Å². The van der Waals surface area contributed by atoms with Crippen LogP contribution in [0.5, 0.6) is 0 Å². The Balaban J connectivity index is 1.55. The van der Waals surface area contributed by atoms with Crippen molar-refractivity contribution in [1.82, 2.24) is 10.6 Å². The smallest absolute Gasteiger partial charge is 0.329 e. The van der Waals surface area contributed by atoms with Crippen LogP contribution >= 0.6 is 11.3 Å². The average molecular weight is 444 g/mol. The summed E-state index contributed by atoms with van der Waals surface area (Å²) in [6, 6.07) is 9.34. The molecular weight excluding hydrogens is 418 g/mol. The highest BCUT2D eigenvalue weighted by atomic mass is 32.1. The molecule has 0 radical (unpaired) electrons. The summed E-state index contributed by atoms with van der Waals surface area (Å²) in [7, 11) is 0.